The van der Waals surface area contributed by atoms with Crippen molar-refractivity contribution in [1.29, 1.82) is 5.26 Å². The number of nitriles is 1. The zero-order valence-corrected chi connectivity index (χ0v) is 11.0. The third-order valence-corrected chi connectivity index (χ3v) is 2.65. The molecule has 5 heteroatoms. The van der Waals surface area contributed by atoms with Gasteiger partial charge in [0.05, 0.1) is 18.1 Å². The van der Waals surface area contributed by atoms with Gasteiger partial charge >= 0.3 is 0 Å². The number of hydrogen-bond acceptors (Lipinski definition) is 4. The molecule has 0 aliphatic heterocycles. The number of pyridine rings is 1. The molecule has 5 nitrogen and oxygen atoms in total. The lowest BCUT2D eigenvalue weighted by molar-refractivity contribution is 0.0711. The van der Waals surface area contributed by atoms with E-state index in [0.29, 0.717) is 24.2 Å². The molecule has 0 atom stereocenters. The van der Waals surface area contributed by atoms with Gasteiger partial charge in [0.1, 0.15) is 0 Å². The van der Waals surface area contributed by atoms with E-state index in [2.05, 4.69) is 4.98 Å². The number of aryl methyl sites for hydroxylation is 1. The summed E-state index contributed by atoms with van der Waals surface area (Å²) >= 11 is 0. The van der Waals surface area contributed by atoms with Crippen LogP contribution in [-0.2, 0) is 0 Å². The van der Waals surface area contributed by atoms with E-state index in [1.54, 1.807) is 11.0 Å². The van der Waals surface area contributed by atoms with E-state index in [-0.39, 0.29) is 11.9 Å². The summed E-state index contributed by atoms with van der Waals surface area (Å²) in [7, 11) is 0. The molecule has 0 radical (unpaired) electrons. The fourth-order valence-electron chi connectivity index (χ4n) is 1.68. The van der Waals surface area contributed by atoms with Crippen LogP contribution in [0.25, 0.3) is 0 Å². The standard InChI is InChI=1S/C13H18N4O/c1-9(2)17(6-4-5-14)13(18)11-8-16-10(3)7-12(11)15/h7-9H,4,6H2,1-3H3,(H2,15,16). The quantitative estimate of drug-likeness (QED) is 0.877. The Hall–Kier alpha value is -2.09. The molecule has 0 aliphatic carbocycles. The van der Waals surface area contributed by atoms with Gasteiger partial charge in [-0.2, -0.15) is 5.26 Å². The number of aromatic nitrogens is 1. The van der Waals surface area contributed by atoms with Gasteiger partial charge in [-0.05, 0) is 26.8 Å². The Bertz CT molecular complexity index is 476. The summed E-state index contributed by atoms with van der Waals surface area (Å²) in [6, 6.07) is 3.74. The van der Waals surface area contributed by atoms with Crippen LogP contribution in [0.3, 0.4) is 0 Å². The third-order valence-electron chi connectivity index (χ3n) is 2.65. The van der Waals surface area contributed by atoms with Crippen LogP contribution in [0.1, 0.15) is 36.3 Å². The lowest BCUT2D eigenvalue weighted by Crippen LogP contribution is -2.38. The monoisotopic (exact) mass is 246 g/mol. The van der Waals surface area contributed by atoms with Crippen molar-refractivity contribution in [3.63, 3.8) is 0 Å². The van der Waals surface area contributed by atoms with Crippen molar-refractivity contribution in [1.82, 2.24) is 9.88 Å². The predicted octanol–water partition coefficient (Wildman–Crippen LogP) is 1.74. The van der Waals surface area contributed by atoms with E-state index in [0.717, 1.165) is 5.69 Å². The highest BCUT2D eigenvalue weighted by molar-refractivity contribution is 5.99. The summed E-state index contributed by atoms with van der Waals surface area (Å²) in [4.78, 5) is 18.0. The molecule has 0 aliphatic rings. The number of hydrogen-bond donors (Lipinski definition) is 1. The topological polar surface area (TPSA) is 83.0 Å². The average Bonchev–Trinajstić information content (AvgIpc) is 2.28. The molecule has 1 aromatic heterocycles. The minimum absolute atomic E-state index is 0.0200. The second-order valence-corrected chi connectivity index (χ2v) is 4.41. The molecule has 1 amide bonds. The van der Waals surface area contributed by atoms with Crippen LogP contribution in [0.4, 0.5) is 5.69 Å². The Morgan fingerprint density at radius 1 is 1.61 bits per heavy atom. The predicted molar refractivity (Wildman–Crippen MR) is 69.8 cm³/mol. The van der Waals surface area contributed by atoms with Gasteiger partial charge in [0.25, 0.3) is 5.91 Å². The Morgan fingerprint density at radius 3 is 2.78 bits per heavy atom. The molecule has 0 spiro atoms. The van der Waals surface area contributed by atoms with Crippen LogP contribution in [0, 0.1) is 18.3 Å². The molecule has 18 heavy (non-hydrogen) atoms. The van der Waals surface area contributed by atoms with E-state index in [1.165, 1.54) is 6.20 Å². The molecular weight excluding hydrogens is 228 g/mol. The molecule has 0 unspecified atom stereocenters. The van der Waals surface area contributed by atoms with E-state index in [1.807, 2.05) is 26.8 Å². The van der Waals surface area contributed by atoms with Crippen molar-refractivity contribution < 1.29 is 4.79 Å². The van der Waals surface area contributed by atoms with Crippen molar-refractivity contribution in [2.24, 2.45) is 0 Å². The highest BCUT2D eigenvalue weighted by Gasteiger charge is 2.20. The molecule has 1 aromatic rings. The average molecular weight is 246 g/mol. The van der Waals surface area contributed by atoms with Crippen molar-refractivity contribution >= 4 is 11.6 Å². The summed E-state index contributed by atoms with van der Waals surface area (Å²) in [6.45, 7) is 6.04. The first-order valence-corrected chi connectivity index (χ1v) is 5.87. The first kappa shape index (κ1) is 14.0. The number of amides is 1. The molecule has 0 saturated heterocycles. The van der Waals surface area contributed by atoms with Gasteiger partial charge in [0.2, 0.25) is 0 Å². The molecule has 2 N–H and O–H groups in total. The van der Waals surface area contributed by atoms with E-state index < -0.39 is 0 Å². The van der Waals surface area contributed by atoms with Crippen molar-refractivity contribution in [2.45, 2.75) is 33.2 Å². The van der Waals surface area contributed by atoms with Crippen molar-refractivity contribution in [2.75, 3.05) is 12.3 Å². The number of rotatable bonds is 4. The Morgan fingerprint density at radius 2 is 2.28 bits per heavy atom. The van der Waals surface area contributed by atoms with E-state index in [4.69, 9.17) is 11.0 Å². The SMILES string of the molecule is Cc1cc(N)c(C(=O)N(CCC#N)C(C)C)cn1. The van der Waals surface area contributed by atoms with Crippen LogP contribution in [0.15, 0.2) is 12.3 Å². The summed E-state index contributed by atoms with van der Waals surface area (Å²) in [5.74, 6) is -0.176. The molecule has 0 saturated carbocycles. The maximum atomic E-state index is 12.3. The smallest absolute Gasteiger partial charge is 0.257 e. The zero-order valence-electron chi connectivity index (χ0n) is 11.0. The number of nitrogen functional groups attached to an aromatic ring is 1. The van der Waals surface area contributed by atoms with Crippen LogP contribution in [-0.4, -0.2) is 28.4 Å². The normalized spacial score (nSPS) is 10.2. The fourth-order valence-corrected chi connectivity index (χ4v) is 1.68. The number of carbonyl (C=O) groups excluding carboxylic acids is 1. The molecule has 0 fully saturated rings. The summed E-state index contributed by atoms with van der Waals surface area (Å²) in [5, 5.41) is 8.62. The Balaban J connectivity index is 2.99. The van der Waals surface area contributed by atoms with Gasteiger partial charge in [-0.25, -0.2) is 0 Å². The first-order chi connectivity index (χ1) is 8.47. The van der Waals surface area contributed by atoms with Crippen LogP contribution < -0.4 is 5.73 Å². The van der Waals surface area contributed by atoms with Gasteiger partial charge in [-0.15, -0.1) is 0 Å². The molecule has 1 rings (SSSR count). The first-order valence-electron chi connectivity index (χ1n) is 5.87. The highest BCUT2D eigenvalue weighted by atomic mass is 16.2. The lowest BCUT2D eigenvalue weighted by Gasteiger charge is -2.26. The van der Waals surface area contributed by atoms with Crippen LogP contribution in [0.2, 0.25) is 0 Å². The molecule has 0 aromatic carbocycles. The minimum Gasteiger partial charge on any atom is -0.398 e. The van der Waals surface area contributed by atoms with Crippen LogP contribution >= 0.6 is 0 Å². The largest absolute Gasteiger partial charge is 0.398 e. The highest BCUT2D eigenvalue weighted by Crippen LogP contribution is 2.16. The second kappa shape index (κ2) is 6.01. The number of nitrogens with zero attached hydrogens (tertiary/aromatic N) is 3. The number of nitrogens with two attached hydrogens (primary N) is 1. The summed E-state index contributed by atoms with van der Waals surface area (Å²) in [6.07, 6.45) is 1.80. The Labute approximate surface area is 107 Å². The molecule has 0 bridgehead atoms. The molecular formula is C13H18N4O. The lowest BCUT2D eigenvalue weighted by atomic mass is 10.1. The van der Waals surface area contributed by atoms with Gasteiger partial charge in [0.15, 0.2) is 0 Å². The molecule has 96 valence electrons. The summed E-state index contributed by atoms with van der Waals surface area (Å²) < 4.78 is 0. The molecule has 1 heterocycles. The minimum atomic E-state index is -0.176. The maximum Gasteiger partial charge on any atom is 0.257 e. The van der Waals surface area contributed by atoms with Crippen molar-refractivity contribution in [3.05, 3.63) is 23.5 Å². The second-order valence-electron chi connectivity index (χ2n) is 4.41. The zero-order chi connectivity index (χ0) is 13.7. The van der Waals surface area contributed by atoms with Gasteiger partial charge < -0.3 is 10.6 Å². The van der Waals surface area contributed by atoms with Gasteiger partial charge in [-0.3, -0.25) is 9.78 Å². The van der Waals surface area contributed by atoms with E-state index in [9.17, 15) is 4.79 Å². The summed E-state index contributed by atoms with van der Waals surface area (Å²) in [5.41, 5.74) is 7.43. The van der Waals surface area contributed by atoms with Gasteiger partial charge in [0, 0.05) is 30.2 Å². The number of carbonyl (C=O) groups is 1. The van der Waals surface area contributed by atoms with Crippen LogP contribution in [0.5, 0.6) is 0 Å². The fraction of sp³-hybridized carbons (Fsp3) is 0.462. The number of anilines is 1. The third kappa shape index (κ3) is 3.20. The van der Waals surface area contributed by atoms with Crippen molar-refractivity contribution in [3.8, 4) is 6.07 Å². The van der Waals surface area contributed by atoms with E-state index >= 15 is 0 Å². The maximum absolute atomic E-state index is 12.3. The van der Waals surface area contributed by atoms with Gasteiger partial charge in [-0.1, -0.05) is 0 Å². The Kier molecular flexibility index (Phi) is 4.67.